The van der Waals surface area contributed by atoms with Crippen LogP contribution in [0.3, 0.4) is 0 Å². The molecular weight excluding hydrogens is 413 g/mol. The van der Waals surface area contributed by atoms with Crippen LogP contribution in [-0.2, 0) is 16.0 Å². The summed E-state index contributed by atoms with van der Waals surface area (Å²) in [4.78, 5) is 3.15. The van der Waals surface area contributed by atoms with Gasteiger partial charge in [0.2, 0.25) is 0 Å². The van der Waals surface area contributed by atoms with Gasteiger partial charge in [-0.15, -0.1) is 11.3 Å². The molecular formula is C15H10F5N3O2S2. The molecule has 1 aromatic carbocycles. The number of aryl methyl sites for hydroxylation is 1. The van der Waals surface area contributed by atoms with Gasteiger partial charge in [-0.1, -0.05) is 0 Å². The zero-order valence-corrected chi connectivity index (χ0v) is 15.3. The summed E-state index contributed by atoms with van der Waals surface area (Å²) in [5, 5.41) is 5.02. The van der Waals surface area contributed by atoms with E-state index in [2.05, 4.69) is 10.1 Å². The molecule has 0 aliphatic carbocycles. The SMILES string of the molecule is Cc1csc(-c2cc(C(F)(F)F)nn2-c2cc(F)c(S(C)(=O)=O)cc2F)n1. The minimum atomic E-state index is -4.83. The van der Waals surface area contributed by atoms with Gasteiger partial charge in [-0.3, -0.25) is 0 Å². The molecule has 0 bridgehead atoms. The van der Waals surface area contributed by atoms with Crippen molar-refractivity contribution in [2.45, 2.75) is 18.0 Å². The Kier molecular flexibility index (Phi) is 4.58. The van der Waals surface area contributed by atoms with Crippen molar-refractivity contribution in [3.8, 4) is 16.4 Å². The zero-order valence-electron chi connectivity index (χ0n) is 13.7. The van der Waals surface area contributed by atoms with Gasteiger partial charge < -0.3 is 0 Å². The van der Waals surface area contributed by atoms with Crippen molar-refractivity contribution < 1.29 is 30.4 Å². The lowest BCUT2D eigenvalue weighted by atomic mass is 10.2. The Morgan fingerprint density at radius 3 is 2.30 bits per heavy atom. The predicted molar refractivity (Wildman–Crippen MR) is 87.4 cm³/mol. The molecule has 3 rings (SSSR count). The summed E-state index contributed by atoms with van der Waals surface area (Å²) >= 11 is 1.00. The summed E-state index contributed by atoms with van der Waals surface area (Å²) in [7, 11) is -4.07. The maximum absolute atomic E-state index is 14.5. The van der Waals surface area contributed by atoms with E-state index in [0.717, 1.165) is 11.3 Å². The molecule has 0 spiro atoms. The van der Waals surface area contributed by atoms with Gasteiger partial charge in [0.15, 0.2) is 15.5 Å². The maximum Gasteiger partial charge on any atom is 0.435 e. The Morgan fingerprint density at radius 1 is 1.11 bits per heavy atom. The number of hydrogen-bond acceptors (Lipinski definition) is 5. The molecule has 27 heavy (non-hydrogen) atoms. The van der Waals surface area contributed by atoms with E-state index in [0.29, 0.717) is 34.8 Å². The Labute approximate surface area is 154 Å². The van der Waals surface area contributed by atoms with E-state index in [1.54, 1.807) is 12.3 Å². The summed E-state index contributed by atoms with van der Waals surface area (Å²) in [5.41, 5.74) is -1.67. The largest absolute Gasteiger partial charge is 0.435 e. The van der Waals surface area contributed by atoms with Crippen molar-refractivity contribution in [1.82, 2.24) is 14.8 Å². The fraction of sp³-hybridized carbons (Fsp3) is 0.200. The van der Waals surface area contributed by atoms with Crippen LogP contribution < -0.4 is 0 Å². The normalized spacial score (nSPS) is 12.6. The number of sulfone groups is 1. The fourth-order valence-electron chi connectivity index (χ4n) is 2.29. The van der Waals surface area contributed by atoms with Crippen molar-refractivity contribution in [2.24, 2.45) is 0 Å². The molecule has 144 valence electrons. The molecule has 0 N–H and O–H groups in total. The van der Waals surface area contributed by atoms with Crippen molar-refractivity contribution in [3.63, 3.8) is 0 Å². The van der Waals surface area contributed by atoms with Crippen LogP contribution in [0.2, 0.25) is 0 Å². The summed E-state index contributed by atoms with van der Waals surface area (Å²) in [5.74, 6) is -2.55. The number of alkyl halides is 3. The van der Waals surface area contributed by atoms with Crippen molar-refractivity contribution in [2.75, 3.05) is 6.26 Å². The zero-order chi connectivity index (χ0) is 20.1. The van der Waals surface area contributed by atoms with Crippen LogP contribution in [0.25, 0.3) is 16.4 Å². The topological polar surface area (TPSA) is 64.8 Å². The molecule has 5 nitrogen and oxygen atoms in total. The quantitative estimate of drug-likeness (QED) is 0.598. The maximum atomic E-state index is 14.5. The second-order valence-corrected chi connectivity index (χ2v) is 8.47. The first-order valence-corrected chi connectivity index (χ1v) is 9.94. The van der Waals surface area contributed by atoms with Crippen LogP contribution >= 0.6 is 11.3 Å². The van der Waals surface area contributed by atoms with Crippen LogP contribution in [0.4, 0.5) is 22.0 Å². The Morgan fingerprint density at radius 2 is 1.78 bits per heavy atom. The third kappa shape index (κ3) is 3.72. The van der Waals surface area contributed by atoms with Crippen molar-refractivity contribution >= 4 is 21.2 Å². The number of rotatable bonds is 3. The van der Waals surface area contributed by atoms with E-state index in [1.165, 1.54) is 0 Å². The van der Waals surface area contributed by atoms with Crippen LogP contribution in [0.1, 0.15) is 11.4 Å². The molecule has 0 aliphatic rings. The molecule has 0 atom stereocenters. The molecule has 0 amide bonds. The van der Waals surface area contributed by atoms with E-state index < -0.39 is 43.9 Å². The van der Waals surface area contributed by atoms with Gasteiger partial charge in [0.1, 0.15) is 32.9 Å². The van der Waals surface area contributed by atoms with E-state index in [4.69, 9.17) is 0 Å². The highest BCUT2D eigenvalue weighted by Crippen LogP contribution is 2.35. The molecule has 12 heteroatoms. The molecule has 0 saturated carbocycles. The minimum Gasteiger partial charge on any atom is -0.240 e. The third-order valence-corrected chi connectivity index (χ3v) is 5.56. The highest BCUT2D eigenvalue weighted by atomic mass is 32.2. The molecule has 0 saturated heterocycles. The van der Waals surface area contributed by atoms with Crippen molar-refractivity contribution in [3.05, 3.63) is 46.6 Å². The van der Waals surface area contributed by atoms with Crippen molar-refractivity contribution in [1.29, 1.82) is 0 Å². The fourth-order valence-corrected chi connectivity index (χ4v) is 3.82. The Bertz CT molecular complexity index is 1130. The average Bonchev–Trinajstić information content (AvgIpc) is 3.13. The average molecular weight is 423 g/mol. The lowest BCUT2D eigenvalue weighted by Gasteiger charge is -2.09. The monoisotopic (exact) mass is 423 g/mol. The van der Waals surface area contributed by atoms with Crippen LogP contribution in [-0.4, -0.2) is 29.4 Å². The summed E-state index contributed by atoms with van der Waals surface area (Å²) in [6, 6.07) is 1.56. The van der Waals surface area contributed by atoms with Crippen LogP contribution in [0.15, 0.2) is 28.5 Å². The molecule has 2 aromatic heterocycles. The second-order valence-electron chi connectivity index (χ2n) is 5.62. The van der Waals surface area contributed by atoms with Gasteiger partial charge in [-0.05, 0) is 19.1 Å². The minimum absolute atomic E-state index is 0.113. The predicted octanol–water partition coefficient (Wildman–Crippen LogP) is 4.00. The second kappa shape index (κ2) is 6.37. The molecule has 0 aliphatic heterocycles. The van der Waals surface area contributed by atoms with Gasteiger partial charge in [-0.25, -0.2) is 26.9 Å². The number of halogens is 5. The molecule has 3 aromatic rings. The summed E-state index contributed by atoms with van der Waals surface area (Å²) in [6.45, 7) is 1.62. The van der Waals surface area contributed by atoms with E-state index in [1.807, 2.05) is 0 Å². The van der Waals surface area contributed by atoms with Crippen LogP contribution in [0, 0.1) is 18.6 Å². The highest BCUT2D eigenvalue weighted by molar-refractivity contribution is 7.90. The number of benzene rings is 1. The third-order valence-electron chi connectivity index (χ3n) is 3.47. The van der Waals surface area contributed by atoms with Gasteiger partial charge in [0.25, 0.3) is 0 Å². The smallest absolute Gasteiger partial charge is 0.240 e. The van der Waals surface area contributed by atoms with Gasteiger partial charge in [0.05, 0.1) is 0 Å². The standard InChI is InChI=1S/C15H10F5N3O2S2/c1-7-6-26-14(21-7)11-5-13(15(18,19)20)22-23(11)10-3-9(17)12(4-8(10)16)27(2,24)25/h3-6H,1-2H3. The van der Waals surface area contributed by atoms with Gasteiger partial charge >= 0.3 is 6.18 Å². The molecule has 0 radical (unpaired) electrons. The lowest BCUT2D eigenvalue weighted by molar-refractivity contribution is -0.141. The lowest BCUT2D eigenvalue weighted by Crippen LogP contribution is -2.10. The van der Waals surface area contributed by atoms with E-state index >= 15 is 0 Å². The summed E-state index contributed by atoms with van der Waals surface area (Å²) in [6.07, 6.45) is -4.14. The van der Waals surface area contributed by atoms with E-state index in [-0.39, 0.29) is 10.7 Å². The van der Waals surface area contributed by atoms with Crippen LogP contribution in [0.5, 0.6) is 0 Å². The summed E-state index contributed by atoms with van der Waals surface area (Å²) < 4.78 is 91.4. The molecule has 2 heterocycles. The highest BCUT2D eigenvalue weighted by Gasteiger charge is 2.36. The number of thiazole rings is 1. The van der Waals surface area contributed by atoms with Gasteiger partial charge in [0, 0.05) is 23.4 Å². The first-order chi connectivity index (χ1) is 12.4. The van der Waals surface area contributed by atoms with E-state index in [9.17, 15) is 30.4 Å². The number of nitrogens with zero attached hydrogens (tertiary/aromatic N) is 3. The molecule has 0 unspecified atom stereocenters. The van der Waals surface area contributed by atoms with Gasteiger partial charge in [-0.2, -0.15) is 18.3 Å². The Hall–Kier alpha value is -2.34. The number of aromatic nitrogens is 3. The first kappa shape index (κ1) is 19.4. The molecule has 0 fully saturated rings. The Balaban J connectivity index is 2.28. The number of hydrogen-bond donors (Lipinski definition) is 0. The first-order valence-electron chi connectivity index (χ1n) is 7.17.